The Bertz CT molecular complexity index is 1150. The van der Waals surface area contributed by atoms with E-state index in [9.17, 15) is 9.59 Å². The monoisotopic (exact) mass is 441 g/mol. The normalized spacial score (nSPS) is 17.6. The summed E-state index contributed by atoms with van der Waals surface area (Å²) in [6.07, 6.45) is 1.97. The molecule has 0 bridgehead atoms. The zero-order chi connectivity index (χ0) is 23.2. The first kappa shape index (κ1) is 22.4. The van der Waals surface area contributed by atoms with Crippen molar-refractivity contribution in [1.82, 2.24) is 5.32 Å². The lowest BCUT2D eigenvalue weighted by Crippen LogP contribution is -2.34. The average molecular weight is 442 g/mol. The second-order valence-corrected chi connectivity index (χ2v) is 8.12. The Labute approximate surface area is 194 Å². The topological polar surface area (TPSA) is 64.6 Å². The Balaban J connectivity index is 1.73. The standard InChI is InChI=1S/C28H27NO4/c1-3-32-27(30)24-19(2)29-26(22-15-16-22)25(23(24)17-14-20-10-6-4-7-11-20)28(31)33-18-21-12-8-5-9-13-21/h4-13,22-23,29H,3,15-16,18H2,1-2H3/t23-/m1/s1. The van der Waals surface area contributed by atoms with Gasteiger partial charge in [0, 0.05) is 17.0 Å². The minimum Gasteiger partial charge on any atom is -0.463 e. The van der Waals surface area contributed by atoms with Crippen LogP contribution in [-0.4, -0.2) is 18.5 Å². The van der Waals surface area contributed by atoms with E-state index in [-0.39, 0.29) is 19.1 Å². The predicted molar refractivity (Wildman–Crippen MR) is 125 cm³/mol. The van der Waals surface area contributed by atoms with Gasteiger partial charge in [0.15, 0.2) is 0 Å². The molecule has 168 valence electrons. The van der Waals surface area contributed by atoms with Crippen LogP contribution in [0.25, 0.3) is 0 Å². The molecular formula is C28H27NO4. The lowest BCUT2D eigenvalue weighted by molar-refractivity contribution is -0.141. The van der Waals surface area contributed by atoms with Crippen LogP contribution in [0.2, 0.25) is 0 Å². The van der Waals surface area contributed by atoms with Crippen LogP contribution >= 0.6 is 0 Å². The van der Waals surface area contributed by atoms with Gasteiger partial charge in [-0.2, -0.15) is 0 Å². The number of carbonyl (C=O) groups excluding carboxylic acids is 2. The van der Waals surface area contributed by atoms with Crippen LogP contribution in [0.15, 0.2) is 83.2 Å². The Hall–Kier alpha value is -3.78. The maximum Gasteiger partial charge on any atom is 0.337 e. The summed E-state index contributed by atoms with van der Waals surface area (Å²) in [5, 5.41) is 3.31. The SMILES string of the molecule is CCOC(=O)C1=C(C)NC(C2CC2)=C(C(=O)OCc2ccccc2)[C@@H]1C#Cc1ccccc1. The van der Waals surface area contributed by atoms with Crippen molar-refractivity contribution in [3.8, 4) is 11.8 Å². The summed E-state index contributed by atoms with van der Waals surface area (Å²) in [7, 11) is 0. The summed E-state index contributed by atoms with van der Waals surface area (Å²) < 4.78 is 11.0. The summed E-state index contributed by atoms with van der Waals surface area (Å²) in [4.78, 5) is 26.3. The highest BCUT2D eigenvalue weighted by Gasteiger charge is 2.41. The van der Waals surface area contributed by atoms with E-state index >= 15 is 0 Å². The minimum absolute atomic E-state index is 0.150. The molecule has 2 aromatic carbocycles. The van der Waals surface area contributed by atoms with Gasteiger partial charge in [0.2, 0.25) is 0 Å². The first-order valence-electron chi connectivity index (χ1n) is 11.2. The molecule has 5 heteroatoms. The molecular weight excluding hydrogens is 414 g/mol. The second kappa shape index (κ2) is 10.2. The van der Waals surface area contributed by atoms with Gasteiger partial charge in [0.05, 0.1) is 23.7 Å². The van der Waals surface area contributed by atoms with Gasteiger partial charge in [-0.25, -0.2) is 9.59 Å². The van der Waals surface area contributed by atoms with Gasteiger partial charge in [0.25, 0.3) is 0 Å². The van der Waals surface area contributed by atoms with Gasteiger partial charge < -0.3 is 14.8 Å². The number of benzene rings is 2. The Morgan fingerprint density at radius 2 is 1.58 bits per heavy atom. The van der Waals surface area contributed by atoms with Crippen LogP contribution in [0.4, 0.5) is 0 Å². The van der Waals surface area contributed by atoms with Gasteiger partial charge >= 0.3 is 11.9 Å². The maximum atomic E-state index is 13.4. The van der Waals surface area contributed by atoms with E-state index in [0.717, 1.165) is 29.7 Å². The number of hydrogen-bond acceptors (Lipinski definition) is 5. The van der Waals surface area contributed by atoms with Crippen LogP contribution < -0.4 is 5.32 Å². The number of allylic oxidation sites excluding steroid dienone is 2. The molecule has 1 saturated carbocycles. The minimum atomic E-state index is -0.732. The van der Waals surface area contributed by atoms with Crippen molar-refractivity contribution in [2.75, 3.05) is 6.61 Å². The molecule has 1 fully saturated rings. The van der Waals surface area contributed by atoms with Crippen molar-refractivity contribution in [3.05, 3.63) is 94.3 Å². The summed E-state index contributed by atoms with van der Waals surface area (Å²) in [5.74, 6) is 4.90. The smallest absolute Gasteiger partial charge is 0.337 e. The van der Waals surface area contributed by atoms with E-state index in [0.29, 0.717) is 16.8 Å². The van der Waals surface area contributed by atoms with Gasteiger partial charge in [-0.15, -0.1) is 0 Å². The quantitative estimate of drug-likeness (QED) is 0.528. The number of dihydropyridines is 1. The maximum absolute atomic E-state index is 13.4. The highest BCUT2D eigenvalue weighted by atomic mass is 16.5. The summed E-state index contributed by atoms with van der Waals surface area (Å²) in [6.45, 7) is 3.98. The molecule has 2 aliphatic rings. The molecule has 2 aromatic rings. The van der Waals surface area contributed by atoms with Crippen LogP contribution in [0.3, 0.4) is 0 Å². The molecule has 0 unspecified atom stereocenters. The van der Waals surface area contributed by atoms with Crippen LogP contribution in [0.1, 0.15) is 37.8 Å². The fourth-order valence-corrected chi connectivity index (χ4v) is 3.88. The molecule has 0 aromatic heterocycles. The van der Waals surface area contributed by atoms with Gasteiger partial charge in [-0.3, -0.25) is 0 Å². The molecule has 1 heterocycles. The summed E-state index contributed by atoms with van der Waals surface area (Å²) in [6, 6.07) is 19.0. The molecule has 0 radical (unpaired) electrons. The number of hydrogen-bond donors (Lipinski definition) is 1. The third kappa shape index (κ3) is 5.35. The molecule has 1 aliphatic heterocycles. The third-order valence-electron chi connectivity index (χ3n) is 5.64. The van der Waals surface area contributed by atoms with Crippen molar-refractivity contribution in [2.45, 2.75) is 33.3 Å². The van der Waals surface area contributed by atoms with Crippen LogP contribution in [0.5, 0.6) is 0 Å². The van der Waals surface area contributed by atoms with E-state index in [1.807, 2.05) is 67.6 Å². The lowest BCUT2D eigenvalue weighted by atomic mass is 9.84. The van der Waals surface area contributed by atoms with Crippen molar-refractivity contribution in [3.63, 3.8) is 0 Å². The third-order valence-corrected chi connectivity index (χ3v) is 5.64. The zero-order valence-corrected chi connectivity index (χ0v) is 18.9. The largest absolute Gasteiger partial charge is 0.463 e. The average Bonchev–Trinajstić information content (AvgIpc) is 3.67. The summed E-state index contributed by atoms with van der Waals surface area (Å²) in [5.41, 5.74) is 3.95. The first-order chi connectivity index (χ1) is 16.1. The molecule has 1 aliphatic carbocycles. The van der Waals surface area contributed by atoms with E-state index < -0.39 is 17.9 Å². The first-order valence-corrected chi connectivity index (χ1v) is 11.2. The Morgan fingerprint density at radius 1 is 0.939 bits per heavy atom. The van der Waals surface area contributed by atoms with Crippen LogP contribution in [0, 0.1) is 23.7 Å². The number of carbonyl (C=O) groups is 2. The van der Waals surface area contributed by atoms with Gasteiger partial charge in [-0.1, -0.05) is 60.4 Å². The fourth-order valence-electron chi connectivity index (χ4n) is 3.88. The van der Waals surface area contributed by atoms with E-state index in [2.05, 4.69) is 17.2 Å². The van der Waals surface area contributed by atoms with Crippen molar-refractivity contribution in [1.29, 1.82) is 0 Å². The zero-order valence-electron chi connectivity index (χ0n) is 18.9. The predicted octanol–water partition coefficient (Wildman–Crippen LogP) is 4.50. The molecule has 5 nitrogen and oxygen atoms in total. The number of ether oxygens (including phenoxy) is 2. The lowest BCUT2D eigenvalue weighted by Gasteiger charge is -2.28. The molecule has 1 N–H and O–H groups in total. The van der Waals surface area contributed by atoms with Crippen LogP contribution in [-0.2, 0) is 25.7 Å². The summed E-state index contributed by atoms with van der Waals surface area (Å²) >= 11 is 0. The Kier molecular flexibility index (Phi) is 6.95. The fraction of sp³-hybridized carbons (Fsp3) is 0.286. The number of esters is 2. The highest BCUT2D eigenvalue weighted by Crippen LogP contribution is 2.42. The van der Waals surface area contributed by atoms with Crippen molar-refractivity contribution in [2.24, 2.45) is 11.8 Å². The van der Waals surface area contributed by atoms with Crippen molar-refractivity contribution >= 4 is 11.9 Å². The van der Waals surface area contributed by atoms with E-state index in [1.54, 1.807) is 6.92 Å². The molecule has 0 amide bonds. The van der Waals surface area contributed by atoms with E-state index in [1.165, 1.54) is 0 Å². The molecule has 1 atom stereocenters. The van der Waals surface area contributed by atoms with Gasteiger partial charge in [0.1, 0.15) is 6.61 Å². The number of nitrogens with one attached hydrogen (secondary N) is 1. The molecule has 4 rings (SSSR count). The highest BCUT2D eigenvalue weighted by molar-refractivity contribution is 5.99. The second-order valence-electron chi connectivity index (χ2n) is 8.12. The van der Waals surface area contributed by atoms with Crippen molar-refractivity contribution < 1.29 is 19.1 Å². The van der Waals surface area contributed by atoms with Gasteiger partial charge in [-0.05, 0) is 50.3 Å². The van der Waals surface area contributed by atoms with E-state index in [4.69, 9.17) is 9.47 Å². The number of rotatable bonds is 6. The molecule has 33 heavy (non-hydrogen) atoms. The molecule has 0 saturated heterocycles. The Morgan fingerprint density at radius 3 is 2.21 bits per heavy atom. The molecule has 0 spiro atoms.